The number of nitrogens with one attached hydrogen (secondary N) is 1. The summed E-state index contributed by atoms with van der Waals surface area (Å²) in [5.41, 5.74) is 2.43. The number of benzene rings is 2. The number of aromatic nitrogens is 1. The molecule has 2 aromatic carbocycles. The maximum absolute atomic E-state index is 12.3. The number of anilines is 1. The van der Waals surface area contributed by atoms with Gasteiger partial charge in [0.05, 0.1) is 7.11 Å². The van der Waals surface area contributed by atoms with Crippen LogP contribution in [0.4, 0.5) is 10.5 Å². The molecule has 5 heteroatoms. The molecule has 3 aromatic rings. The van der Waals surface area contributed by atoms with Crippen molar-refractivity contribution in [2.45, 2.75) is 0 Å². The Morgan fingerprint density at radius 1 is 1.09 bits per heavy atom. The molecule has 0 spiro atoms. The van der Waals surface area contributed by atoms with Crippen LogP contribution in [0.2, 0.25) is 0 Å². The number of pyridine rings is 1. The molecule has 0 aliphatic heterocycles. The molecule has 0 fully saturated rings. The second-order valence-electron chi connectivity index (χ2n) is 5.20. The number of carbonyl (C=O) groups excluding carboxylic acids is 1. The van der Waals surface area contributed by atoms with Gasteiger partial charge in [-0.15, -0.1) is 0 Å². The minimum Gasteiger partial charge on any atom is -0.453 e. The van der Waals surface area contributed by atoms with Gasteiger partial charge in [0, 0.05) is 29.9 Å². The number of methoxy groups -OCH3 is 1. The number of rotatable bonds is 2. The smallest absolute Gasteiger partial charge is 0.411 e. The van der Waals surface area contributed by atoms with Gasteiger partial charge in [0.1, 0.15) is 0 Å². The molecule has 0 bridgehead atoms. The molecule has 0 saturated heterocycles. The zero-order valence-electron chi connectivity index (χ0n) is 12.9. The van der Waals surface area contributed by atoms with E-state index in [0.29, 0.717) is 11.1 Å². The summed E-state index contributed by atoms with van der Waals surface area (Å²) in [5, 5.41) is 4.19. The van der Waals surface area contributed by atoms with Gasteiger partial charge >= 0.3 is 6.09 Å². The SMILES string of the molecule is COC(=O)Nc1cccc(-c2cn(C)c(=O)c3ccccc23)c1. The molecule has 23 heavy (non-hydrogen) atoms. The first kappa shape index (κ1) is 14.8. The number of ether oxygens (including phenoxy) is 1. The third-order valence-corrected chi connectivity index (χ3v) is 3.70. The van der Waals surface area contributed by atoms with E-state index >= 15 is 0 Å². The molecule has 1 amide bonds. The van der Waals surface area contributed by atoms with Gasteiger partial charge in [0.25, 0.3) is 5.56 Å². The molecule has 3 rings (SSSR count). The molecule has 0 atom stereocenters. The highest BCUT2D eigenvalue weighted by atomic mass is 16.5. The van der Waals surface area contributed by atoms with E-state index in [1.165, 1.54) is 7.11 Å². The first-order valence-corrected chi connectivity index (χ1v) is 7.14. The summed E-state index contributed by atoms with van der Waals surface area (Å²) in [7, 11) is 3.05. The molecule has 1 heterocycles. The van der Waals surface area contributed by atoms with Gasteiger partial charge in [-0.1, -0.05) is 30.3 Å². The number of amides is 1. The van der Waals surface area contributed by atoms with E-state index in [2.05, 4.69) is 10.1 Å². The van der Waals surface area contributed by atoms with Gasteiger partial charge in [0.2, 0.25) is 0 Å². The van der Waals surface area contributed by atoms with Gasteiger partial charge < -0.3 is 9.30 Å². The van der Waals surface area contributed by atoms with E-state index in [-0.39, 0.29) is 5.56 Å². The normalized spacial score (nSPS) is 10.5. The average Bonchev–Trinajstić information content (AvgIpc) is 2.58. The van der Waals surface area contributed by atoms with E-state index in [4.69, 9.17) is 0 Å². The van der Waals surface area contributed by atoms with E-state index < -0.39 is 6.09 Å². The lowest BCUT2D eigenvalue weighted by atomic mass is 10.0. The Morgan fingerprint density at radius 3 is 2.57 bits per heavy atom. The van der Waals surface area contributed by atoms with E-state index in [0.717, 1.165) is 16.5 Å². The van der Waals surface area contributed by atoms with Crippen molar-refractivity contribution < 1.29 is 9.53 Å². The lowest BCUT2D eigenvalue weighted by molar-refractivity contribution is 0.187. The largest absolute Gasteiger partial charge is 0.453 e. The van der Waals surface area contributed by atoms with Crippen molar-refractivity contribution in [1.29, 1.82) is 0 Å². The zero-order valence-corrected chi connectivity index (χ0v) is 12.9. The monoisotopic (exact) mass is 308 g/mol. The third kappa shape index (κ3) is 2.81. The number of fused-ring (bicyclic) bond motifs is 1. The molecule has 116 valence electrons. The Kier molecular flexibility index (Phi) is 3.85. The summed E-state index contributed by atoms with van der Waals surface area (Å²) in [4.78, 5) is 23.6. The molecule has 5 nitrogen and oxygen atoms in total. The summed E-state index contributed by atoms with van der Waals surface area (Å²) in [6.07, 6.45) is 1.29. The van der Waals surface area contributed by atoms with Crippen LogP contribution in [0.3, 0.4) is 0 Å². The summed E-state index contributed by atoms with van der Waals surface area (Å²) >= 11 is 0. The lowest BCUT2D eigenvalue weighted by Crippen LogP contribution is -2.16. The summed E-state index contributed by atoms with van der Waals surface area (Å²) in [5.74, 6) is 0. The van der Waals surface area contributed by atoms with Crippen LogP contribution < -0.4 is 10.9 Å². The number of carbonyl (C=O) groups is 1. The Morgan fingerprint density at radius 2 is 1.83 bits per heavy atom. The van der Waals surface area contributed by atoms with Crippen molar-refractivity contribution in [2.24, 2.45) is 7.05 Å². The van der Waals surface area contributed by atoms with Crippen molar-refractivity contribution in [3.63, 3.8) is 0 Å². The van der Waals surface area contributed by atoms with E-state index in [9.17, 15) is 9.59 Å². The highest BCUT2D eigenvalue weighted by Crippen LogP contribution is 2.28. The molecule has 0 unspecified atom stereocenters. The molecule has 0 saturated carbocycles. The summed E-state index contributed by atoms with van der Waals surface area (Å²) in [6.45, 7) is 0. The lowest BCUT2D eigenvalue weighted by Gasteiger charge is -2.11. The zero-order chi connectivity index (χ0) is 16.4. The van der Waals surface area contributed by atoms with Gasteiger partial charge in [-0.3, -0.25) is 10.1 Å². The topological polar surface area (TPSA) is 60.3 Å². The minimum atomic E-state index is -0.521. The van der Waals surface area contributed by atoms with Crippen LogP contribution >= 0.6 is 0 Å². The van der Waals surface area contributed by atoms with Crippen molar-refractivity contribution in [2.75, 3.05) is 12.4 Å². The van der Waals surface area contributed by atoms with Gasteiger partial charge in [0.15, 0.2) is 0 Å². The minimum absolute atomic E-state index is 0.0341. The van der Waals surface area contributed by atoms with Crippen LogP contribution in [0, 0.1) is 0 Å². The maximum atomic E-state index is 12.3. The Bertz CT molecular complexity index is 944. The van der Waals surface area contributed by atoms with Crippen molar-refractivity contribution in [1.82, 2.24) is 4.57 Å². The first-order valence-electron chi connectivity index (χ1n) is 7.14. The van der Waals surface area contributed by atoms with Gasteiger partial charge in [-0.05, 0) is 29.1 Å². The molecular weight excluding hydrogens is 292 g/mol. The predicted molar refractivity (Wildman–Crippen MR) is 90.7 cm³/mol. The highest BCUT2D eigenvalue weighted by molar-refractivity contribution is 5.96. The van der Waals surface area contributed by atoms with E-state index in [1.54, 1.807) is 17.7 Å². The van der Waals surface area contributed by atoms with Crippen LogP contribution in [0.15, 0.2) is 59.5 Å². The molecular formula is C18H16N2O3. The summed E-state index contributed by atoms with van der Waals surface area (Å²) < 4.78 is 6.18. The fourth-order valence-corrected chi connectivity index (χ4v) is 2.58. The number of nitrogens with zero attached hydrogens (tertiary/aromatic N) is 1. The molecule has 1 N–H and O–H groups in total. The fourth-order valence-electron chi connectivity index (χ4n) is 2.58. The quantitative estimate of drug-likeness (QED) is 0.789. The number of hydrogen-bond donors (Lipinski definition) is 1. The molecule has 0 radical (unpaired) electrons. The van der Waals surface area contributed by atoms with Gasteiger partial charge in [-0.25, -0.2) is 4.79 Å². The average molecular weight is 308 g/mol. The maximum Gasteiger partial charge on any atom is 0.411 e. The third-order valence-electron chi connectivity index (χ3n) is 3.70. The molecule has 1 aromatic heterocycles. The Balaban J connectivity index is 2.18. The molecule has 0 aliphatic rings. The van der Waals surface area contributed by atoms with Crippen molar-refractivity contribution in [3.05, 3.63) is 65.1 Å². The van der Waals surface area contributed by atoms with Crippen molar-refractivity contribution in [3.8, 4) is 11.1 Å². The van der Waals surface area contributed by atoms with Gasteiger partial charge in [-0.2, -0.15) is 0 Å². The van der Waals surface area contributed by atoms with E-state index in [1.807, 2.05) is 48.7 Å². The predicted octanol–water partition coefficient (Wildman–Crippen LogP) is 3.38. The van der Waals surface area contributed by atoms with Crippen LogP contribution in [-0.2, 0) is 11.8 Å². The second-order valence-corrected chi connectivity index (χ2v) is 5.20. The number of hydrogen-bond acceptors (Lipinski definition) is 3. The first-order chi connectivity index (χ1) is 11.1. The van der Waals surface area contributed by atoms with Crippen LogP contribution in [0.5, 0.6) is 0 Å². The summed E-state index contributed by atoms with van der Waals surface area (Å²) in [6, 6.07) is 14.9. The highest BCUT2D eigenvalue weighted by Gasteiger charge is 2.09. The Hall–Kier alpha value is -3.08. The van der Waals surface area contributed by atoms with Crippen LogP contribution in [0.25, 0.3) is 21.9 Å². The fraction of sp³-hybridized carbons (Fsp3) is 0.111. The number of aryl methyl sites for hydroxylation is 1. The van der Waals surface area contributed by atoms with Crippen LogP contribution in [-0.4, -0.2) is 17.8 Å². The Labute approximate surface area is 133 Å². The standard InChI is InChI=1S/C18H16N2O3/c1-20-11-16(14-8-3-4-9-15(14)17(20)21)12-6-5-7-13(10-12)19-18(22)23-2/h3-11H,1-2H3,(H,19,22). The van der Waals surface area contributed by atoms with Crippen molar-refractivity contribution >= 4 is 22.6 Å². The molecule has 0 aliphatic carbocycles. The van der Waals surface area contributed by atoms with Crippen LogP contribution in [0.1, 0.15) is 0 Å². The second kappa shape index (κ2) is 5.96.